The molecular formula is C31H26Cl3NO4. The van der Waals surface area contributed by atoms with E-state index in [9.17, 15) is 9.59 Å². The largest absolute Gasteiger partial charge is 0.490 e. The van der Waals surface area contributed by atoms with E-state index >= 15 is 0 Å². The minimum absolute atomic E-state index is 0.0204. The molecule has 3 aromatic carbocycles. The van der Waals surface area contributed by atoms with Gasteiger partial charge in [-0.2, -0.15) is 0 Å². The molecule has 0 saturated heterocycles. The number of dihydropyridines is 1. The van der Waals surface area contributed by atoms with Gasteiger partial charge >= 0.3 is 5.97 Å². The minimum Gasteiger partial charge on any atom is -0.490 e. The third-order valence-electron chi connectivity index (χ3n) is 7.01. The van der Waals surface area contributed by atoms with Crippen molar-refractivity contribution in [1.82, 2.24) is 5.32 Å². The number of carbonyl (C=O) groups excluding carboxylic acids is 2. The summed E-state index contributed by atoms with van der Waals surface area (Å²) in [6.07, 6.45) is 0.894. The summed E-state index contributed by atoms with van der Waals surface area (Å²) in [4.78, 5) is 27.3. The molecule has 8 heteroatoms. The van der Waals surface area contributed by atoms with Crippen LogP contribution < -0.4 is 10.1 Å². The SMILES string of the molecule is CC1=C(C(=O)OCCOc2ccccc2)[C@@H](c2cccc(Cl)c2Cl)C2=C(C[C@@H](c3ccc(Cl)cc3)CC2=O)N1. The van der Waals surface area contributed by atoms with Gasteiger partial charge in [0, 0.05) is 34.3 Å². The van der Waals surface area contributed by atoms with Crippen LogP contribution in [0.15, 0.2) is 95.3 Å². The maximum atomic E-state index is 13.8. The van der Waals surface area contributed by atoms with E-state index in [2.05, 4.69) is 5.32 Å². The molecule has 0 spiro atoms. The molecule has 1 heterocycles. The average molecular weight is 583 g/mol. The summed E-state index contributed by atoms with van der Waals surface area (Å²) < 4.78 is 11.3. The first kappa shape index (κ1) is 27.3. The van der Waals surface area contributed by atoms with E-state index < -0.39 is 11.9 Å². The number of ether oxygens (including phenoxy) is 2. The second kappa shape index (κ2) is 11.9. The van der Waals surface area contributed by atoms with E-state index in [4.69, 9.17) is 44.3 Å². The van der Waals surface area contributed by atoms with Gasteiger partial charge in [0.2, 0.25) is 0 Å². The van der Waals surface area contributed by atoms with Gasteiger partial charge in [-0.3, -0.25) is 4.79 Å². The normalized spacial score (nSPS) is 18.9. The Hall–Kier alpha value is -3.25. The van der Waals surface area contributed by atoms with Gasteiger partial charge in [-0.25, -0.2) is 4.79 Å². The number of hydrogen-bond donors (Lipinski definition) is 1. The molecule has 2 atom stereocenters. The van der Waals surface area contributed by atoms with Gasteiger partial charge < -0.3 is 14.8 Å². The van der Waals surface area contributed by atoms with Crippen LogP contribution in [-0.2, 0) is 14.3 Å². The van der Waals surface area contributed by atoms with Crippen LogP contribution in [0, 0.1) is 0 Å². The summed E-state index contributed by atoms with van der Waals surface area (Å²) in [7, 11) is 0. The van der Waals surface area contributed by atoms with Crippen molar-refractivity contribution in [3.05, 3.63) is 122 Å². The van der Waals surface area contributed by atoms with Crippen LogP contribution in [0.3, 0.4) is 0 Å². The standard InChI is InChI=1S/C31H26Cl3NO4/c1-18-27(31(37)39-15-14-38-22-6-3-2-4-7-22)28(23-8-5-9-24(33)30(23)34)29-25(35-18)16-20(17-26(29)36)19-10-12-21(32)13-11-19/h2-13,20,28,35H,14-17H2,1H3/t20-,28-/m1/s1. The van der Waals surface area contributed by atoms with Gasteiger partial charge in [0.25, 0.3) is 0 Å². The molecule has 0 saturated carbocycles. The Balaban J connectivity index is 1.45. The minimum atomic E-state index is -0.714. The molecule has 0 aromatic heterocycles. The third kappa shape index (κ3) is 5.86. The average Bonchev–Trinajstić information content (AvgIpc) is 2.92. The fourth-order valence-electron chi connectivity index (χ4n) is 5.22. The molecule has 3 aromatic rings. The van der Waals surface area contributed by atoms with Gasteiger partial charge in [-0.05, 0) is 60.7 Å². The summed E-state index contributed by atoms with van der Waals surface area (Å²) in [5.41, 5.74) is 3.84. The summed E-state index contributed by atoms with van der Waals surface area (Å²) in [5.74, 6) is -0.655. The predicted octanol–water partition coefficient (Wildman–Crippen LogP) is 7.63. The lowest BCUT2D eigenvalue weighted by atomic mass is 9.71. The number of nitrogens with one attached hydrogen (secondary N) is 1. The summed E-state index contributed by atoms with van der Waals surface area (Å²) in [6, 6.07) is 22.1. The summed E-state index contributed by atoms with van der Waals surface area (Å²) in [5, 5.41) is 4.64. The van der Waals surface area contributed by atoms with Gasteiger partial charge in [-0.1, -0.05) is 77.3 Å². The zero-order valence-corrected chi connectivity index (χ0v) is 23.4. The van der Waals surface area contributed by atoms with E-state index in [-0.39, 0.29) is 24.9 Å². The van der Waals surface area contributed by atoms with Crippen molar-refractivity contribution in [2.75, 3.05) is 13.2 Å². The molecule has 0 fully saturated rings. The Morgan fingerprint density at radius 3 is 2.41 bits per heavy atom. The van der Waals surface area contributed by atoms with E-state index in [1.165, 1.54) is 0 Å². The molecule has 0 unspecified atom stereocenters. The lowest BCUT2D eigenvalue weighted by Crippen LogP contribution is -2.36. The molecular weight excluding hydrogens is 557 g/mol. The Morgan fingerprint density at radius 2 is 1.67 bits per heavy atom. The molecule has 0 radical (unpaired) electrons. The second-order valence-corrected chi connectivity index (χ2v) is 10.7. The lowest BCUT2D eigenvalue weighted by Gasteiger charge is -2.37. The van der Waals surface area contributed by atoms with Crippen LogP contribution in [0.1, 0.15) is 42.7 Å². The first-order chi connectivity index (χ1) is 18.8. The van der Waals surface area contributed by atoms with Crippen molar-refractivity contribution in [3.63, 3.8) is 0 Å². The van der Waals surface area contributed by atoms with E-state index in [0.717, 1.165) is 11.3 Å². The maximum Gasteiger partial charge on any atom is 0.336 e. The topological polar surface area (TPSA) is 64.6 Å². The van der Waals surface area contributed by atoms with Crippen molar-refractivity contribution < 1.29 is 19.1 Å². The number of rotatable bonds is 7. The van der Waals surface area contributed by atoms with Gasteiger partial charge in [-0.15, -0.1) is 0 Å². The molecule has 1 aliphatic heterocycles. The molecule has 2 aliphatic rings. The highest BCUT2D eigenvalue weighted by molar-refractivity contribution is 6.42. The van der Waals surface area contributed by atoms with Crippen LogP contribution in [0.25, 0.3) is 0 Å². The predicted molar refractivity (Wildman–Crippen MR) is 153 cm³/mol. The van der Waals surface area contributed by atoms with E-state index in [1.54, 1.807) is 18.2 Å². The Bertz CT molecular complexity index is 1460. The third-order valence-corrected chi connectivity index (χ3v) is 8.10. The quantitative estimate of drug-likeness (QED) is 0.229. The first-order valence-corrected chi connectivity index (χ1v) is 13.7. The molecule has 39 heavy (non-hydrogen) atoms. The second-order valence-electron chi connectivity index (χ2n) is 9.51. The number of carbonyl (C=O) groups is 2. The number of halogens is 3. The van der Waals surface area contributed by atoms with Crippen LogP contribution in [0.4, 0.5) is 0 Å². The first-order valence-electron chi connectivity index (χ1n) is 12.6. The van der Waals surface area contributed by atoms with E-state index in [0.29, 0.717) is 56.1 Å². The summed E-state index contributed by atoms with van der Waals surface area (Å²) in [6.45, 7) is 2.04. The molecule has 0 amide bonds. The number of allylic oxidation sites excluding steroid dienone is 3. The van der Waals surface area contributed by atoms with Crippen LogP contribution in [0.2, 0.25) is 15.1 Å². The van der Waals surface area contributed by atoms with Crippen molar-refractivity contribution in [2.24, 2.45) is 0 Å². The maximum absolute atomic E-state index is 13.8. The molecule has 1 aliphatic carbocycles. The van der Waals surface area contributed by atoms with Crippen molar-refractivity contribution in [1.29, 1.82) is 0 Å². The number of para-hydroxylation sites is 1. The van der Waals surface area contributed by atoms with Gasteiger partial charge in [0.05, 0.1) is 15.6 Å². The van der Waals surface area contributed by atoms with Crippen molar-refractivity contribution in [3.8, 4) is 5.75 Å². The number of hydrogen-bond acceptors (Lipinski definition) is 5. The number of benzene rings is 3. The fourth-order valence-corrected chi connectivity index (χ4v) is 5.77. The molecule has 1 N–H and O–H groups in total. The molecule has 0 bridgehead atoms. The van der Waals surface area contributed by atoms with Crippen LogP contribution >= 0.6 is 34.8 Å². The van der Waals surface area contributed by atoms with Gasteiger partial charge in [0.1, 0.15) is 19.0 Å². The Labute approximate surface area is 242 Å². The zero-order chi connectivity index (χ0) is 27.5. The monoisotopic (exact) mass is 581 g/mol. The highest BCUT2D eigenvalue weighted by Crippen LogP contribution is 2.48. The fraction of sp³-hybridized carbons (Fsp3) is 0.226. The van der Waals surface area contributed by atoms with Gasteiger partial charge in [0.15, 0.2) is 5.78 Å². The smallest absolute Gasteiger partial charge is 0.336 e. The number of Topliss-reactive ketones (excluding diaryl/α,β-unsaturated/α-hetero) is 1. The number of esters is 1. The van der Waals surface area contributed by atoms with E-state index in [1.807, 2.05) is 61.5 Å². The molecule has 5 nitrogen and oxygen atoms in total. The zero-order valence-electron chi connectivity index (χ0n) is 21.2. The van der Waals surface area contributed by atoms with Crippen molar-refractivity contribution in [2.45, 2.75) is 31.6 Å². The Morgan fingerprint density at radius 1 is 0.923 bits per heavy atom. The highest BCUT2D eigenvalue weighted by atomic mass is 35.5. The lowest BCUT2D eigenvalue weighted by molar-refractivity contribution is -0.140. The summed E-state index contributed by atoms with van der Waals surface area (Å²) >= 11 is 19.1. The Kier molecular flexibility index (Phi) is 8.31. The van der Waals surface area contributed by atoms with Crippen molar-refractivity contribution >= 4 is 46.6 Å². The van der Waals surface area contributed by atoms with Crippen LogP contribution in [0.5, 0.6) is 5.75 Å². The number of ketones is 1. The molecule has 5 rings (SSSR count). The van der Waals surface area contributed by atoms with Crippen LogP contribution in [-0.4, -0.2) is 25.0 Å². The highest BCUT2D eigenvalue weighted by Gasteiger charge is 2.42. The molecule has 200 valence electrons.